The van der Waals surface area contributed by atoms with Crippen molar-refractivity contribution in [2.24, 2.45) is 0 Å². The van der Waals surface area contributed by atoms with Crippen LogP contribution in [-0.4, -0.2) is 10.7 Å². The predicted molar refractivity (Wildman–Crippen MR) is 81.6 cm³/mol. The number of non-ortho nitro benzene ring substituents is 1. The number of carbonyl (C=O) groups is 1. The molecule has 0 aliphatic heterocycles. The van der Waals surface area contributed by atoms with Crippen molar-refractivity contribution in [3.8, 4) is 0 Å². The number of anilines is 1. The lowest BCUT2D eigenvalue weighted by atomic mass is 10.1. The Kier molecular flexibility index (Phi) is 4.68. The minimum absolute atomic E-state index is 0.0155. The Morgan fingerprint density at radius 3 is 2.29 bits per heavy atom. The van der Waals surface area contributed by atoms with Gasteiger partial charge in [0.2, 0.25) is 0 Å². The largest absolute Gasteiger partial charge is 0.362 e. The summed E-state index contributed by atoms with van der Waals surface area (Å²) in [5, 5.41) is 14.0. The molecule has 0 aromatic heterocycles. The average molecular weight is 303 g/mol. The highest BCUT2D eigenvalue weighted by Gasteiger charge is 2.03. The molecule has 21 heavy (non-hydrogen) atoms. The number of rotatable bonds is 5. The fourth-order valence-electron chi connectivity index (χ4n) is 1.60. The van der Waals surface area contributed by atoms with Crippen molar-refractivity contribution < 1.29 is 9.72 Å². The van der Waals surface area contributed by atoms with Gasteiger partial charge in [0, 0.05) is 40.7 Å². The van der Waals surface area contributed by atoms with Gasteiger partial charge in [-0.2, -0.15) is 0 Å². The molecule has 1 N–H and O–H groups in total. The summed E-state index contributed by atoms with van der Waals surface area (Å²) in [5.41, 5.74) is 1.20. The van der Waals surface area contributed by atoms with E-state index in [-0.39, 0.29) is 11.5 Å². The van der Waals surface area contributed by atoms with Gasteiger partial charge in [-0.3, -0.25) is 14.9 Å². The van der Waals surface area contributed by atoms with E-state index in [1.165, 1.54) is 24.4 Å². The molecule has 0 saturated heterocycles. The van der Waals surface area contributed by atoms with Crippen molar-refractivity contribution >= 4 is 28.8 Å². The van der Waals surface area contributed by atoms with Crippen molar-refractivity contribution in [2.45, 2.75) is 0 Å². The van der Waals surface area contributed by atoms with Gasteiger partial charge in [0.05, 0.1) is 4.92 Å². The first kappa shape index (κ1) is 14.7. The molecule has 0 saturated carbocycles. The summed E-state index contributed by atoms with van der Waals surface area (Å²) in [6.45, 7) is 0. The number of nitrogens with zero attached hydrogens (tertiary/aromatic N) is 1. The van der Waals surface area contributed by atoms with Crippen LogP contribution in [0.25, 0.3) is 0 Å². The smallest absolute Gasteiger partial charge is 0.269 e. The number of hydrogen-bond acceptors (Lipinski definition) is 4. The van der Waals surface area contributed by atoms with E-state index in [4.69, 9.17) is 11.6 Å². The minimum atomic E-state index is -0.469. The van der Waals surface area contributed by atoms with Gasteiger partial charge < -0.3 is 5.32 Å². The molecule has 0 aliphatic carbocycles. The van der Waals surface area contributed by atoms with E-state index in [1.807, 2.05) is 0 Å². The molecule has 0 heterocycles. The fraction of sp³-hybridized carbons (Fsp3) is 0. The molecule has 2 aromatic rings. The van der Waals surface area contributed by atoms with Crippen LogP contribution in [0.4, 0.5) is 11.4 Å². The molecular formula is C15H11ClN2O3. The third kappa shape index (κ3) is 4.15. The first-order chi connectivity index (χ1) is 10.1. The van der Waals surface area contributed by atoms with E-state index in [1.54, 1.807) is 36.4 Å². The number of ketones is 1. The van der Waals surface area contributed by atoms with E-state index < -0.39 is 4.92 Å². The molecule has 0 amide bonds. The lowest BCUT2D eigenvalue weighted by molar-refractivity contribution is -0.384. The van der Waals surface area contributed by atoms with Gasteiger partial charge in [0.25, 0.3) is 5.69 Å². The molecule has 2 rings (SSSR count). The van der Waals surface area contributed by atoms with Crippen LogP contribution in [0.1, 0.15) is 10.4 Å². The number of nitrogens with one attached hydrogen (secondary N) is 1. The maximum Gasteiger partial charge on any atom is 0.269 e. The van der Waals surface area contributed by atoms with Crippen LogP contribution in [0.15, 0.2) is 60.8 Å². The Morgan fingerprint density at radius 2 is 1.71 bits per heavy atom. The summed E-state index contributed by atoms with van der Waals surface area (Å²) in [4.78, 5) is 21.9. The highest BCUT2D eigenvalue weighted by molar-refractivity contribution is 6.30. The normalized spacial score (nSPS) is 10.5. The first-order valence-electron chi connectivity index (χ1n) is 6.04. The number of carbonyl (C=O) groups excluding carboxylic acids is 1. The van der Waals surface area contributed by atoms with Gasteiger partial charge in [0.1, 0.15) is 0 Å². The second kappa shape index (κ2) is 6.67. The zero-order chi connectivity index (χ0) is 15.2. The van der Waals surface area contributed by atoms with Crippen LogP contribution in [0, 0.1) is 10.1 Å². The lowest BCUT2D eigenvalue weighted by Crippen LogP contribution is -1.96. The molecule has 0 bridgehead atoms. The van der Waals surface area contributed by atoms with Gasteiger partial charge in [-0.05, 0) is 36.4 Å². The number of hydrogen-bond donors (Lipinski definition) is 1. The van der Waals surface area contributed by atoms with E-state index in [9.17, 15) is 14.9 Å². The first-order valence-corrected chi connectivity index (χ1v) is 6.41. The molecule has 0 spiro atoms. The maximum atomic E-state index is 11.8. The molecule has 6 heteroatoms. The summed E-state index contributed by atoms with van der Waals surface area (Å²) in [6.07, 6.45) is 2.86. The Hall–Kier alpha value is -2.66. The van der Waals surface area contributed by atoms with Crippen molar-refractivity contribution in [3.05, 3.63) is 81.5 Å². The monoisotopic (exact) mass is 302 g/mol. The fourth-order valence-corrected chi connectivity index (χ4v) is 1.73. The SMILES string of the molecule is O=C(/C=C/Nc1ccc([N+](=O)[O-])cc1)c1ccc(Cl)cc1. The lowest BCUT2D eigenvalue weighted by Gasteiger charge is -2.00. The van der Waals surface area contributed by atoms with Crippen molar-refractivity contribution in [2.75, 3.05) is 5.32 Å². The molecule has 106 valence electrons. The molecule has 0 fully saturated rings. The number of nitro benzene ring substituents is 1. The Bertz CT molecular complexity index is 679. The highest BCUT2D eigenvalue weighted by Crippen LogP contribution is 2.15. The number of halogens is 1. The Labute approximate surface area is 126 Å². The van der Waals surface area contributed by atoms with Gasteiger partial charge >= 0.3 is 0 Å². The molecule has 2 aromatic carbocycles. The van der Waals surface area contributed by atoms with Crippen molar-refractivity contribution in [1.29, 1.82) is 0 Å². The van der Waals surface area contributed by atoms with E-state index in [0.29, 0.717) is 16.3 Å². The van der Waals surface area contributed by atoms with Crippen LogP contribution in [0.2, 0.25) is 5.02 Å². The third-order valence-corrected chi connectivity index (χ3v) is 2.94. The zero-order valence-corrected chi connectivity index (χ0v) is 11.6. The van der Waals surface area contributed by atoms with Crippen molar-refractivity contribution in [1.82, 2.24) is 0 Å². The molecule has 0 unspecified atom stereocenters. The molecular weight excluding hydrogens is 292 g/mol. The zero-order valence-electron chi connectivity index (χ0n) is 10.8. The second-order valence-electron chi connectivity index (χ2n) is 4.15. The van der Waals surface area contributed by atoms with Crippen LogP contribution in [-0.2, 0) is 0 Å². The predicted octanol–water partition coefficient (Wildman–Crippen LogP) is 4.06. The minimum Gasteiger partial charge on any atom is -0.362 e. The molecule has 0 aliphatic rings. The van der Waals surface area contributed by atoms with E-state index in [2.05, 4.69) is 5.32 Å². The Morgan fingerprint density at radius 1 is 1.10 bits per heavy atom. The summed E-state index contributed by atoms with van der Waals surface area (Å²) in [5.74, 6) is -0.166. The number of nitro groups is 1. The van der Waals surface area contributed by atoms with Crippen LogP contribution in [0.3, 0.4) is 0 Å². The third-order valence-electron chi connectivity index (χ3n) is 2.69. The molecule has 0 radical (unpaired) electrons. The summed E-state index contributed by atoms with van der Waals surface area (Å²) in [6, 6.07) is 12.5. The number of benzene rings is 2. The Balaban J connectivity index is 1.97. The summed E-state index contributed by atoms with van der Waals surface area (Å²) in [7, 11) is 0. The highest BCUT2D eigenvalue weighted by atomic mass is 35.5. The standard InChI is InChI=1S/C15H11ClN2O3/c16-12-3-1-11(2-4-12)15(19)9-10-17-13-5-7-14(8-6-13)18(20)21/h1-10,17H/b10-9+. The maximum absolute atomic E-state index is 11.8. The van der Waals surface area contributed by atoms with Gasteiger partial charge in [-0.15, -0.1) is 0 Å². The summed E-state index contributed by atoms with van der Waals surface area (Å²) >= 11 is 5.75. The second-order valence-corrected chi connectivity index (χ2v) is 4.59. The number of allylic oxidation sites excluding steroid dienone is 1. The van der Waals surface area contributed by atoms with Gasteiger partial charge in [-0.25, -0.2) is 0 Å². The molecule has 0 atom stereocenters. The quantitative estimate of drug-likeness (QED) is 0.391. The van der Waals surface area contributed by atoms with Gasteiger partial charge in [-0.1, -0.05) is 11.6 Å². The topological polar surface area (TPSA) is 72.2 Å². The molecule has 5 nitrogen and oxygen atoms in total. The average Bonchev–Trinajstić information content (AvgIpc) is 2.48. The van der Waals surface area contributed by atoms with Gasteiger partial charge in [0.15, 0.2) is 5.78 Å². The van der Waals surface area contributed by atoms with Crippen LogP contribution < -0.4 is 5.32 Å². The van der Waals surface area contributed by atoms with Crippen LogP contribution >= 0.6 is 11.6 Å². The summed E-state index contributed by atoms with van der Waals surface area (Å²) < 4.78 is 0. The van der Waals surface area contributed by atoms with Crippen molar-refractivity contribution in [3.63, 3.8) is 0 Å². The van der Waals surface area contributed by atoms with E-state index >= 15 is 0 Å². The van der Waals surface area contributed by atoms with E-state index in [0.717, 1.165) is 0 Å². The van der Waals surface area contributed by atoms with Crippen LogP contribution in [0.5, 0.6) is 0 Å².